The highest BCUT2D eigenvalue weighted by atomic mass is 32.2. The maximum Gasteiger partial charge on any atom is 0.206 e. The van der Waals surface area contributed by atoms with Gasteiger partial charge in [0.25, 0.3) is 0 Å². The van der Waals surface area contributed by atoms with E-state index in [-0.39, 0.29) is 0 Å². The molecule has 0 radical (unpaired) electrons. The molecule has 0 bridgehead atoms. The summed E-state index contributed by atoms with van der Waals surface area (Å²) in [6.45, 7) is 1.40. The Morgan fingerprint density at radius 2 is 2.13 bits per heavy atom. The second-order valence-corrected chi connectivity index (χ2v) is 6.90. The molecule has 1 N–H and O–H groups in total. The van der Waals surface area contributed by atoms with Crippen LogP contribution in [0.2, 0.25) is 0 Å². The molecule has 0 unspecified atom stereocenters. The number of methoxy groups -OCH3 is 1. The molecule has 1 aromatic carbocycles. The van der Waals surface area contributed by atoms with Gasteiger partial charge >= 0.3 is 0 Å². The van der Waals surface area contributed by atoms with Crippen molar-refractivity contribution in [1.82, 2.24) is 20.0 Å². The van der Waals surface area contributed by atoms with Crippen LogP contribution in [0.4, 0.5) is 5.13 Å². The van der Waals surface area contributed by atoms with Crippen molar-refractivity contribution in [3.63, 3.8) is 0 Å². The number of hydrogen-bond donors (Lipinski definition) is 1. The Balaban J connectivity index is 1.52. The van der Waals surface area contributed by atoms with E-state index in [0.29, 0.717) is 6.61 Å². The summed E-state index contributed by atoms with van der Waals surface area (Å²) in [4.78, 5) is 0. The Morgan fingerprint density at radius 1 is 1.26 bits per heavy atom. The standard InChI is InChI=1S/C15H17N5OS2/c1-21-10-8-16-14-18-19-15(23-14)22-11-12-3-5-13(6-4-12)20-9-2-7-17-20/h2-7,9H,8,10-11H2,1H3,(H,16,18). The molecule has 6 nitrogen and oxygen atoms in total. The van der Waals surface area contributed by atoms with Gasteiger partial charge in [0.1, 0.15) is 0 Å². The smallest absolute Gasteiger partial charge is 0.206 e. The molecule has 0 fully saturated rings. The second kappa shape index (κ2) is 8.09. The van der Waals surface area contributed by atoms with Crippen LogP contribution in [0.3, 0.4) is 0 Å². The Bertz CT molecular complexity index is 712. The van der Waals surface area contributed by atoms with Crippen LogP contribution in [-0.2, 0) is 10.5 Å². The van der Waals surface area contributed by atoms with Gasteiger partial charge in [-0.3, -0.25) is 0 Å². The number of ether oxygens (including phenoxy) is 1. The highest BCUT2D eigenvalue weighted by Gasteiger charge is 2.05. The third kappa shape index (κ3) is 4.54. The zero-order valence-corrected chi connectivity index (χ0v) is 14.3. The van der Waals surface area contributed by atoms with E-state index in [1.54, 1.807) is 36.4 Å². The Kier molecular flexibility index (Phi) is 5.62. The maximum atomic E-state index is 4.99. The minimum atomic E-state index is 0.657. The fourth-order valence-electron chi connectivity index (χ4n) is 1.91. The van der Waals surface area contributed by atoms with Gasteiger partial charge in [0, 0.05) is 31.8 Å². The SMILES string of the molecule is COCCNc1nnc(SCc2ccc(-n3cccn3)cc2)s1. The molecular formula is C15H17N5OS2. The number of aromatic nitrogens is 4. The molecule has 0 saturated heterocycles. The molecule has 2 aromatic heterocycles. The largest absolute Gasteiger partial charge is 0.383 e. The Labute approximate surface area is 142 Å². The average molecular weight is 347 g/mol. The first-order valence-corrected chi connectivity index (χ1v) is 8.93. The molecule has 0 spiro atoms. The minimum absolute atomic E-state index is 0.657. The van der Waals surface area contributed by atoms with Crippen LogP contribution in [0.15, 0.2) is 47.1 Å². The predicted octanol–water partition coefficient (Wildman–Crippen LogP) is 3.07. The van der Waals surface area contributed by atoms with Crippen LogP contribution >= 0.6 is 23.1 Å². The first-order chi connectivity index (χ1) is 11.3. The summed E-state index contributed by atoms with van der Waals surface area (Å²) in [5, 5.41) is 16.5. The summed E-state index contributed by atoms with van der Waals surface area (Å²) in [5.74, 6) is 0.867. The van der Waals surface area contributed by atoms with Crippen LogP contribution in [0.25, 0.3) is 5.69 Å². The van der Waals surface area contributed by atoms with E-state index in [1.165, 1.54) is 5.56 Å². The van der Waals surface area contributed by atoms with Crippen molar-refractivity contribution in [2.75, 3.05) is 25.6 Å². The molecule has 23 heavy (non-hydrogen) atoms. The van der Waals surface area contributed by atoms with Crippen molar-refractivity contribution < 1.29 is 4.74 Å². The molecule has 8 heteroatoms. The van der Waals surface area contributed by atoms with Gasteiger partial charge in [-0.25, -0.2) is 4.68 Å². The molecule has 120 valence electrons. The third-order valence-corrected chi connectivity index (χ3v) is 5.14. The summed E-state index contributed by atoms with van der Waals surface area (Å²) < 4.78 is 7.80. The highest BCUT2D eigenvalue weighted by Crippen LogP contribution is 2.28. The van der Waals surface area contributed by atoms with E-state index >= 15 is 0 Å². The van der Waals surface area contributed by atoms with Crippen molar-refractivity contribution in [1.29, 1.82) is 0 Å². The fourth-order valence-corrected chi connectivity index (χ4v) is 3.64. The lowest BCUT2D eigenvalue weighted by Crippen LogP contribution is -2.06. The summed E-state index contributed by atoms with van der Waals surface area (Å²) in [5.41, 5.74) is 2.30. The van der Waals surface area contributed by atoms with Gasteiger partial charge in [-0.15, -0.1) is 10.2 Å². The Morgan fingerprint density at radius 3 is 2.87 bits per heavy atom. The van der Waals surface area contributed by atoms with E-state index in [1.807, 2.05) is 16.9 Å². The number of rotatable bonds is 8. The van der Waals surface area contributed by atoms with Crippen molar-refractivity contribution >= 4 is 28.2 Å². The predicted molar refractivity (Wildman–Crippen MR) is 93.4 cm³/mol. The van der Waals surface area contributed by atoms with Crippen LogP contribution in [-0.4, -0.2) is 40.2 Å². The van der Waals surface area contributed by atoms with Gasteiger partial charge in [0.15, 0.2) is 4.34 Å². The number of nitrogens with zero attached hydrogens (tertiary/aromatic N) is 4. The second-order valence-electron chi connectivity index (χ2n) is 4.70. The van der Waals surface area contributed by atoms with Gasteiger partial charge in [-0.2, -0.15) is 5.10 Å². The molecule has 2 heterocycles. The van der Waals surface area contributed by atoms with Crippen LogP contribution < -0.4 is 5.32 Å². The van der Waals surface area contributed by atoms with Gasteiger partial charge in [-0.1, -0.05) is 35.2 Å². The topological polar surface area (TPSA) is 64.9 Å². The third-order valence-electron chi connectivity index (χ3n) is 3.06. The summed E-state index contributed by atoms with van der Waals surface area (Å²) in [6, 6.07) is 10.3. The molecule has 0 aliphatic rings. The van der Waals surface area contributed by atoms with Crippen LogP contribution in [0.5, 0.6) is 0 Å². The lowest BCUT2D eigenvalue weighted by atomic mass is 10.2. The van der Waals surface area contributed by atoms with Crippen molar-refractivity contribution in [3.8, 4) is 5.69 Å². The normalized spacial score (nSPS) is 10.8. The summed E-state index contributed by atoms with van der Waals surface area (Å²) in [7, 11) is 1.68. The van der Waals surface area contributed by atoms with Crippen LogP contribution in [0.1, 0.15) is 5.56 Å². The number of thioether (sulfide) groups is 1. The Hall–Kier alpha value is -1.90. The van der Waals surface area contributed by atoms with E-state index in [9.17, 15) is 0 Å². The minimum Gasteiger partial charge on any atom is -0.383 e. The lowest BCUT2D eigenvalue weighted by Gasteiger charge is -2.03. The van der Waals surface area contributed by atoms with E-state index in [0.717, 1.165) is 27.5 Å². The highest BCUT2D eigenvalue weighted by molar-refractivity contribution is 8.00. The zero-order valence-electron chi connectivity index (χ0n) is 12.7. The monoisotopic (exact) mass is 347 g/mol. The molecule has 0 atom stereocenters. The number of hydrogen-bond acceptors (Lipinski definition) is 7. The average Bonchev–Trinajstić information content (AvgIpc) is 3.26. The van der Waals surface area contributed by atoms with Crippen molar-refractivity contribution in [3.05, 3.63) is 48.3 Å². The van der Waals surface area contributed by atoms with Crippen molar-refractivity contribution in [2.24, 2.45) is 0 Å². The van der Waals surface area contributed by atoms with Gasteiger partial charge in [0.2, 0.25) is 5.13 Å². The van der Waals surface area contributed by atoms with Crippen molar-refractivity contribution in [2.45, 2.75) is 10.1 Å². The molecule has 0 aliphatic carbocycles. The zero-order chi connectivity index (χ0) is 15.9. The molecule has 0 saturated carbocycles. The maximum absolute atomic E-state index is 4.99. The number of benzene rings is 1. The number of nitrogens with one attached hydrogen (secondary N) is 1. The quantitative estimate of drug-likeness (QED) is 0.499. The summed E-state index contributed by atoms with van der Waals surface area (Å²) in [6.07, 6.45) is 3.71. The molecule has 0 aliphatic heterocycles. The van der Waals surface area contributed by atoms with Gasteiger partial charge < -0.3 is 10.1 Å². The lowest BCUT2D eigenvalue weighted by molar-refractivity contribution is 0.211. The molecular weight excluding hydrogens is 330 g/mol. The van der Waals surface area contributed by atoms with E-state index in [4.69, 9.17) is 4.74 Å². The molecule has 3 rings (SSSR count). The van der Waals surface area contributed by atoms with E-state index < -0.39 is 0 Å². The number of anilines is 1. The summed E-state index contributed by atoms with van der Waals surface area (Å²) >= 11 is 3.25. The first-order valence-electron chi connectivity index (χ1n) is 7.13. The fraction of sp³-hybridized carbons (Fsp3) is 0.267. The van der Waals surface area contributed by atoms with E-state index in [2.05, 4.69) is 44.9 Å². The molecule has 0 amide bonds. The first kappa shape index (κ1) is 16.0. The van der Waals surface area contributed by atoms with Gasteiger partial charge in [-0.05, 0) is 23.8 Å². The molecule has 3 aromatic rings. The van der Waals surface area contributed by atoms with Gasteiger partial charge in [0.05, 0.1) is 12.3 Å². The van der Waals surface area contributed by atoms with Crippen LogP contribution in [0, 0.1) is 0 Å².